The summed E-state index contributed by atoms with van der Waals surface area (Å²) in [6.07, 6.45) is 3.41. The Morgan fingerprint density at radius 1 is 1.23 bits per heavy atom. The molecule has 2 aromatic rings. The molecule has 0 unspecified atom stereocenters. The molecule has 0 aromatic heterocycles. The second-order valence-electron chi connectivity index (χ2n) is 5.42. The van der Waals surface area contributed by atoms with Gasteiger partial charge in [-0.05, 0) is 41.5 Å². The number of hydrogen-bond acceptors (Lipinski definition) is 4. The molecular weight excluding hydrogens is 346 g/mol. The van der Waals surface area contributed by atoms with Gasteiger partial charge in [0, 0.05) is 13.6 Å². The zero-order valence-electron chi connectivity index (χ0n) is 15.0. The maximum absolute atomic E-state index is 5.54. The predicted octanol–water partition coefficient (Wildman–Crippen LogP) is 3.60. The minimum absolute atomic E-state index is 0.424. The molecule has 0 fully saturated rings. The monoisotopic (exact) mass is 369 g/mol. The van der Waals surface area contributed by atoms with Crippen LogP contribution in [-0.4, -0.2) is 37.1 Å². The quantitative estimate of drug-likeness (QED) is 0.333. The molecule has 0 saturated heterocycles. The number of thiocarbonyl (C=S) groups is 1. The molecule has 2 aromatic carbocycles. The van der Waals surface area contributed by atoms with Crippen LogP contribution in [0.25, 0.3) is 0 Å². The van der Waals surface area contributed by atoms with E-state index in [4.69, 9.17) is 21.7 Å². The van der Waals surface area contributed by atoms with E-state index < -0.39 is 0 Å². The molecule has 0 radical (unpaired) electrons. The average Bonchev–Trinajstić information content (AvgIpc) is 2.69. The summed E-state index contributed by atoms with van der Waals surface area (Å²) in [5, 5.41) is 9.71. The number of nitrogens with one attached hydrogen (secondary N) is 1. The van der Waals surface area contributed by atoms with E-state index in [0.717, 1.165) is 11.1 Å². The third-order valence-electron chi connectivity index (χ3n) is 3.50. The number of hydrazone groups is 1. The molecule has 0 bridgehead atoms. The second kappa shape index (κ2) is 10.2. The Hall–Kier alpha value is -2.86. The van der Waals surface area contributed by atoms with Gasteiger partial charge in [-0.25, -0.2) is 5.01 Å². The van der Waals surface area contributed by atoms with Crippen molar-refractivity contribution in [1.29, 1.82) is 0 Å². The molecular formula is C20H23N3O2S. The van der Waals surface area contributed by atoms with Gasteiger partial charge in [0.25, 0.3) is 0 Å². The summed E-state index contributed by atoms with van der Waals surface area (Å²) in [4.78, 5) is 0. The van der Waals surface area contributed by atoms with Crippen LogP contribution in [0.15, 0.2) is 66.3 Å². The Bertz CT molecular complexity index is 763. The molecule has 0 spiro atoms. The highest BCUT2D eigenvalue weighted by atomic mass is 32.1. The van der Waals surface area contributed by atoms with Crippen molar-refractivity contribution in [1.82, 2.24) is 10.3 Å². The van der Waals surface area contributed by atoms with Crippen LogP contribution in [0, 0.1) is 0 Å². The number of hydrogen-bond donors (Lipinski definition) is 1. The van der Waals surface area contributed by atoms with Crippen molar-refractivity contribution in [2.75, 3.05) is 20.8 Å². The standard InChI is InChI=1S/C20H23N3O2S/c1-4-12-25-18-11-10-17(13-19(18)24-3)15-22-23(2)20(26)21-14-16-8-6-5-7-9-16/h4-11,13,15H,1,12,14H2,2-3H3,(H,21,26)/b22-15-. The minimum atomic E-state index is 0.424. The fourth-order valence-corrected chi connectivity index (χ4v) is 2.25. The van der Waals surface area contributed by atoms with Gasteiger partial charge < -0.3 is 14.8 Å². The molecule has 0 aliphatic rings. The Labute approximate surface area is 159 Å². The fourth-order valence-electron chi connectivity index (χ4n) is 2.13. The minimum Gasteiger partial charge on any atom is -0.493 e. The largest absolute Gasteiger partial charge is 0.493 e. The lowest BCUT2D eigenvalue weighted by Gasteiger charge is -2.16. The normalized spacial score (nSPS) is 10.4. The van der Waals surface area contributed by atoms with Gasteiger partial charge in [-0.15, -0.1) is 0 Å². The van der Waals surface area contributed by atoms with E-state index in [1.807, 2.05) is 48.5 Å². The number of methoxy groups -OCH3 is 1. The summed E-state index contributed by atoms with van der Waals surface area (Å²) in [6, 6.07) is 15.7. The Morgan fingerprint density at radius 3 is 2.69 bits per heavy atom. The summed E-state index contributed by atoms with van der Waals surface area (Å²) in [5.41, 5.74) is 2.04. The van der Waals surface area contributed by atoms with Gasteiger partial charge in [0.2, 0.25) is 0 Å². The van der Waals surface area contributed by atoms with Crippen molar-refractivity contribution in [3.05, 3.63) is 72.3 Å². The second-order valence-corrected chi connectivity index (χ2v) is 5.81. The van der Waals surface area contributed by atoms with Crippen LogP contribution in [0.1, 0.15) is 11.1 Å². The maximum Gasteiger partial charge on any atom is 0.189 e. The molecule has 136 valence electrons. The van der Waals surface area contributed by atoms with E-state index in [-0.39, 0.29) is 0 Å². The third kappa shape index (κ3) is 5.89. The number of benzene rings is 2. The number of ether oxygens (including phenoxy) is 2. The molecule has 1 N–H and O–H groups in total. The van der Waals surface area contributed by atoms with Crippen LogP contribution in [-0.2, 0) is 6.54 Å². The van der Waals surface area contributed by atoms with Crippen LogP contribution < -0.4 is 14.8 Å². The van der Waals surface area contributed by atoms with Crippen molar-refractivity contribution < 1.29 is 9.47 Å². The molecule has 6 heteroatoms. The number of nitrogens with zero attached hydrogens (tertiary/aromatic N) is 2. The molecule has 0 atom stereocenters. The van der Waals surface area contributed by atoms with E-state index in [1.165, 1.54) is 0 Å². The summed E-state index contributed by atoms with van der Waals surface area (Å²) >= 11 is 5.36. The van der Waals surface area contributed by atoms with E-state index in [0.29, 0.717) is 29.8 Å². The Balaban J connectivity index is 1.94. The van der Waals surface area contributed by atoms with Gasteiger partial charge in [0.1, 0.15) is 6.61 Å². The predicted molar refractivity (Wildman–Crippen MR) is 110 cm³/mol. The molecule has 0 amide bonds. The van der Waals surface area contributed by atoms with E-state index in [9.17, 15) is 0 Å². The van der Waals surface area contributed by atoms with Crippen molar-refractivity contribution in [2.45, 2.75) is 6.54 Å². The lowest BCUT2D eigenvalue weighted by molar-refractivity contribution is 0.326. The molecule has 0 aliphatic carbocycles. The summed E-state index contributed by atoms with van der Waals surface area (Å²) < 4.78 is 10.9. The highest BCUT2D eigenvalue weighted by molar-refractivity contribution is 7.80. The smallest absolute Gasteiger partial charge is 0.189 e. The van der Waals surface area contributed by atoms with Crippen molar-refractivity contribution in [2.24, 2.45) is 5.10 Å². The summed E-state index contributed by atoms with van der Waals surface area (Å²) in [5.74, 6) is 1.31. The Kier molecular flexibility index (Phi) is 7.64. The van der Waals surface area contributed by atoms with Crippen molar-refractivity contribution in [3.63, 3.8) is 0 Å². The average molecular weight is 369 g/mol. The summed E-state index contributed by atoms with van der Waals surface area (Å²) in [7, 11) is 3.40. The van der Waals surface area contributed by atoms with Gasteiger partial charge in [-0.2, -0.15) is 5.10 Å². The van der Waals surface area contributed by atoms with Crippen LogP contribution in [0.2, 0.25) is 0 Å². The lowest BCUT2D eigenvalue weighted by atomic mass is 10.2. The van der Waals surface area contributed by atoms with Crippen LogP contribution in [0.4, 0.5) is 0 Å². The van der Waals surface area contributed by atoms with E-state index >= 15 is 0 Å². The molecule has 0 heterocycles. The first-order chi connectivity index (χ1) is 12.6. The maximum atomic E-state index is 5.54. The highest BCUT2D eigenvalue weighted by Gasteiger charge is 2.05. The topological polar surface area (TPSA) is 46.1 Å². The number of rotatable bonds is 8. The molecule has 0 aliphatic heterocycles. The van der Waals surface area contributed by atoms with Crippen LogP contribution >= 0.6 is 12.2 Å². The van der Waals surface area contributed by atoms with Crippen LogP contribution in [0.3, 0.4) is 0 Å². The van der Waals surface area contributed by atoms with Crippen LogP contribution in [0.5, 0.6) is 11.5 Å². The Morgan fingerprint density at radius 2 is 2.00 bits per heavy atom. The van der Waals surface area contributed by atoms with Gasteiger partial charge in [-0.3, -0.25) is 0 Å². The van der Waals surface area contributed by atoms with Crippen molar-refractivity contribution >= 4 is 23.5 Å². The van der Waals surface area contributed by atoms with Gasteiger partial charge in [0.15, 0.2) is 16.6 Å². The first kappa shape index (κ1) is 19.5. The van der Waals surface area contributed by atoms with Gasteiger partial charge in [-0.1, -0.05) is 43.0 Å². The highest BCUT2D eigenvalue weighted by Crippen LogP contribution is 2.27. The first-order valence-corrected chi connectivity index (χ1v) is 8.56. The van der Waals surface area contributed by atoms with Gasteiger partial charge in [0.05, 0.1) is 13.3 Å². The fraction of sp³-hybridized carbons (Fsp3) is 0.200. The zero-order chi connectivity index (χ0) is 18.8. The SMILES string of the molecule is C=CCOc1ccc(/C=N\N(C)C(=S)NCc2ccccc2)cc1OC. The lowest BCUT2D eigenvalue weighted by Crippen LogP contribution is -2.33. The molecule has 26 heavy (non-hydrogen) atoms. The third-order valence-corrected chi connectivity index (χ3v) is 3.91. The van der Waals surface area contributed by atoms with Crippen molar-refractivity contribution in [3.8, 4) is 11.5 Å². The first-order valence-electron chi connectivity index (χ1n) is 8.15. The van der Waals surface area contributed by atoms with Gasteiger partial charge >= 0.3 is 0 Å². The molecule has 0 saturated carbocycles. The summed E-state index contributed by atoms with van der Waals surface area (Å²) in [6.45, 7) is 4.72. The zero-order valence-corrected chi connectivity index (χ0v) is 15.8. The molecule has 2 rings (SSSR count). The van der Waals surface area contributed by atoms with E-state index in [2.05, 4.69) is 17.0 Å². The van der Waals surface area contributed by atoms with E-state index in [1.54, 1.807) is 31.5 Å². The molecule has 5 nitrogen and oxygen atoms in total.